The first-order valence-corrected chi connectivity index (χ1v) is 13.4. The Kier molecular flexibility index (Phi) is 8.04. The van der Waals surface area contributed by atoms with Gasteiger partial charge in [-0.1, -0.05) is 51.9 Å². The molecule has 1 atom stereocenters. The van der Waals surface area contributed by atoms with Crippen molar-refractivity contribution < 1.29 is 14.6 Å². The third-order valence-electron chi connectivity index (χ3n) is 8.59. The second kappa shape index (κ2) is 9.92. The highest BCUT2D eigenvalue weighted by atomic mass is 16.6. The summed E-state index contributed by atoms with van der Waals surface area (Å²) in [5, 5.41) is 10.4. The lowest BCUT2D eigenvalue weighted by Gasteiger charge is -2.58. The fraction of sp³-hybridized carbons (Fsp3) is 0.963. The van der Waals surface area contributed by atoms with E-state index in [9.17, 15) is 9.90 Å². The molecular weight excluding hydrogens is 400 g/mol. The quantitative estimate of drug-likeness (QED) is 0.605. The van der Waals surface area contributed by atoms with Crippen molar-refractivity contribution in [2.45, 2.75) is 153 Å². The molecule has 186 valence electrons. The smallest absolute Gasteiger partial charge is 0.257 e. The number of rotatable bonds is 3. The summed E-state index contributed by atoms with van der Waals surface area (Å²) >= 11 is 0. The monoisotopic (exact) mass is 450 g/mol. The van der Waals surface area contributed by atoms with Crippen molar-refractivity contribution in [2.24, 2.45) is 0 Å². The van der Waals surface area contributed by atoms with Crippen LogP contribution >= 0.6 is 0 Å². The number of hydrogen-bond acceptors (Lipinski definition) is 4. The van der Waals surface area contributed by atoms with Gasteiger partial charge in [-0.25, -0.2) is 0 Å². The number of carbonyl (C=O) groups excluding carboxylic acids is 1. The minimum Gasteiger partial charge on any atom is -0.392 e. The first-order valence-electron chi connectivity index (χ1n) is 13.4. The van der Waals surface area contributed by atoms with Gasteiger partial charge in [-0.2, -0.15) is 0 Å². The molecule has 1 saturated carbocycles. The van der Waals surface area contributed by atoms with E-state index in [2.05, 4.69) is 32.6 Å². The number of β-amino-alcohol motifs (C(OH)–C–C–N with tert-alkyl or cyclic N) is 1. The average Bonchev–Trinajstić information content (AvgIpc) is 2.88. The molecule has 5 heteroatoms. The van der Waals surface area contributed by atoms with Crippen LogP contribution in [0.15, 0.2) is 0 Å². The maximum atomic E-state index is 13.9. The zero-order valence-electron chi connectivity index (χ0n) is 21.8. The third kappa shape index (κ3) is 5.20. The minimum atomic E-state index is -0.757. The van der Waals surface area contributed by atoms with Crippen molar-refractivity contribution in [1.82, 2.24) is 9.80 Å². The standard InChI is InChI=1S/C27H50N2O3/c1-7-22(30)19-29-24(2,3)20-26(21-25(29,4)5)23(31)28(6)27(32-26)17-15-13-11-9-8-10-12-14-16-18-27/h22,30H,7-21H2,1-6H3. The predicted octanol–water partition coefficient (Wildman–Crippen LogP) is 5.64. The van der Waals surface area contributed by atoms with Crippen LogP contribution in [0.4, 0.5) is 0 Å². The van der Waals surface area contributed by atoms with Crippen molar-refractivity contribution >= 4 is 5.91 Å². The van der Waals surface area contributed by atoms with E-state index in [-0.39, 0.29) is 23.1 Å². The van der Waals surface area contributed by atoms with Crippen molar-refractivity contribution in [3.8, 4) is 0 Å². The van der Waals surface area contributed by atoms with Gasteiger partial charge in [-0.15, -0.1) is 0 Å². The summed E-state index contributed by atoms with van der Waals surface area (Å²) in [7, 11) is 2.00. The van der Waals surface area contributed by atoms with Crippen LogP contribution in [0.1, 0.15) is 125 Å². The highest BCUT2D eigenvalue weighted by Gasteiger charge is 2.65. The van der Waals surface area contributed by atoms with E-state index in [0.29, 0.717) is 19.4 Å². The summed E-state index contributed by atoms with van der Waals surface area (Å²) in [6.07, 6.45) is 15.1. The Morgan fingerprint density at radius 1 is 0.875 bits per heavy atom. The number of aliphatic hydroxyl groups excluding tert-OH is 1. The van der Waals surface area contributed by atoms with Crippen LogP contribution in [-0.4, -0.2) is 62.9 Å². The summed E-state index contributed by atoms with van der Waals surface area (Å²) in [5.41, 5.74) is -1.67. The normalized spacial score (nSPS) is 29.6. The van der Waals surface area contributed by atoms with E-state index < -0.39 is 11.3 Å². The molecule has 2 heterocycles. The first kappa shape index (κ1) is 26.0. The molecule has 0 aromatic rings. The molecule has 0 aromatic carbocycles. The van der Waals surface area contributed by atoms with Gasteiger partial charge in [-0.05, 0) is 59.8 Å². The van der Waals surface area contributed by atoms with Gasteiger partial charge in [0.25, 0.3) is 5.91 Å². The lowest BCUT2D eigenvalue weighted by atomic mass is 9.70. The molecule has 0 aromatic heterocycles. The number of hydrogen-bond donors (Lipinski definition) is 1. The average molecular weight is 451 g/mol. The van der Waals surface area contributed by atoms with E-state index in [1.807, 2.05) is 18.9 Å². The largest absolute Gasteiger partial charge is 0.392 e. The number of nitrogens with zero attached hydrogens (tertiary/aromatic N) is 2. The minimum absolute atomic E-state index is 0.182. The Morgan fingerprint density at radius 3 is 1.75 bits per heavy atom. The van der Waals surface area contributed by atoms with Crippen LogP contribution in [-0.2, 0) is 9.53 Å². The fourth-order valence-corrected chi connectivity index (χ4v) is 7.10. The van der Waals surface area contributed by atoms with E-state index in [1.54, 1.807) is 0 Å². The molecule has 0 radical (unpaired) electrons. The molecule has 2 aliphatic heterocycles. The molecule has 1 aliphatic carbocycles. The molecule has 5 nitrogen and oxygen atoms in total. The van der Waals surface area contributed by atoms with Crippen LogP contribution in [0.3, 0.4) is 0 Å². The molecule has 1 amide bonds. The van der Waals surface area contributed by atoms with Crippen molar-refractivity contribution in [3.63, 3.8) is 0 Å². The maximum Gasteiger partial charge on any atom is 0.257 e. The van der Waals surface area contributed by atoms with Crippen LogP contribution < -0.4 is 0 Å². The molecule has 3 aliphatic rings. The summed E-state index contributed by atoms with van der Waals surface area (Å²) in [6.45, 7) is 11.6. The number of likely N-dealkylation sites (tertiary alicyclic amines) is 1. The molecule has 1 N–H and O–H groups in total. The number of carbonyl (C=O) groups is 1. The second-order valence-corrected chi connectivity index (χ2v) is 12.2. The fourth-order valence-electron chi connectivity index (χ4n) is 7.10. The number of aliphatic hydroxyl groups is 1. The highest BCUT2D eigenvalue weighted by molar-refractivity contribution is 5.88. The van der Waals surface area contributed by atoms with Gasteiger partial charge < -0.3 is 14.7 Å². The van der Waals surface area contributed by atoms with Crippen molar-refractivity contribution in [1.29, 1.82) is 0 Å². The van der Waals surface area contributed by atoms with Gasteiger partial charge in [0.1, 0.15) is 5.72 Å². The molecule has 2 spiro atoms. The van der Waals surface area contributed by atoms with Gasteiger partial charge in [0, 0.05) is 37.5 Å². The van der Waals surface area contributed by atoms with Gasteiger partial charge in [-0.3, -0.25) is 9.69 Å². The van der Waals surface area contributed by atoms with Crippen LogP contribution in [0.5, 0.6) is 0 Å². The Balaban J connectivity index is 1.86. The lowest BCUT2D eigenvalue weighted by Crippen LogP contribution is -2.68. The van der Waals surface area contributed by atoms with Crippen LogP contribution in [0.2, 0.25) is 0 Å². The zero-order valence-corrected chi connectivity index (χ0v) is 21.8. The molecule has 2 saturated heterocycles. The molecule has 1 unspecified atom stereocenters. The topological polar surface area (TPSA) is 53.0 Å². The molecule has 3 rings (SSSR count). The number of ether oxygens (including phenoxy) is 1. The molecule has 3 fully saturated rings. The van der Waals surface area contributed by atoms with Crippen LogP contribution in [0, 0.1) is 0 Å². The van der Waals surface area contributed by atoms with E-state index in [1.165, 1.54) is 44.9 Å². The Bertz CT molecular complexity index is 615. The predicted molar refractivity (Wildman–Crippen MR) is 130 cm³/mol. The summed E-state index contributed by atoms with van der Waals surface area (Å²) in [6, 6.07) is 0. The Labute approximate surface area is 197 Å². The van der Waals surface area contributed by atoms with Gasteiger partial charge >= 0.3 is 0 Å². The van der Waals surface area contributed by atoms with E-state index in [0.717, 1.165) is 32.1 Å². The zero-order chi connectivity index (χ0) is 23.6. The van der Waals surface area contributed by atoms with Gasteiger partial charge in [0.2, 0.25) is 0 Å². The second-order valence-electron chi connectivity index (χ2n) is 12.2. The van der Waals surface area contributed by atoms with Crippen LogP contribution in [0.25, 0.3) is 0 Å². The van der Waals surface area contributed by atoms with Gasteiger partial charge in [0.05, 0.1) is 6.10 Å². The summed E-state index contributed by atoms with van der Waals surface area (Å²) in [5.74, 6) is 0.182. The third-order valence-corrected chi connectivity index (χ3v) is 8.59. The highest BCUT2D eigenvalue weighted by Crippen LogP contribution is 2.53. The van der Waals surface area contributed by atoms with Crippen molar-refractivity contribution in [2.75, 3.05) is 13.6 Å². The summed E-state index contributed by atoms with van der Waals surface area (Å²) < 4.78 is 7.08. The SMILES string of the molecule is CCC(O)CN1C(C)(C)CC2(CC1(C)C)OC1(CCCCCCCCCCC1)N(C)C2=O. The van der Waals surface area contributed by atoms with E-state index >= 15 is 0 Å². The first-order chi connectivity index (χ1) is 15.0. The molecular formula is C27H50N2O3. The lowest BCUT2D eigenvalue weighted by molar-refractivity contribution is -0.201. The summed E-state index contributed by atoms with van der Waals surface area (Å²) in [4.78, 5) is 18.3. The van der Waals surface area contributed by atoms with Gasteiger partial charge in [0.15, 0.2) is 5.60 Å². The number of piperidine rings is 1. The number of likely N-dealkylation sites (N-methyl/N-ethyl adjacent to an activating group) is 1. The Hall–Kier alpha value is -0.650. The molecule has 32 heavy (non-hydrogen) atoms. The number of amides is 1. The van der Waals surface area contributed by atoms with Crippen molar-refractivity contribution in [3.05, 3.63) is 0 Å². The Morgan fingerprint density at radius 2 is 1.31 bits per heavy atom. The van der Waals surface area contributed by atoms with E-state index in [4.69, 9.17) is 4.74 Å². The molecule has 0 bridgehead atoms. The maximum absolute atomic E-state index is 13.9.